The van der Waals surface area contributed by atoms with Gasteiger partial charge in [0.15, 0.2) is 5.82 Å². The number of ether oxygens (including phenoxy) is 1. The molecule has 122 valence electrons. The molecule has 0 aliphatic carbocycles. The summed E-state index contributed by atoms with van der Waals surface area (Å²) in [7, 11) is 1.81. The number of hydrogen-bond acceptors (Lipinski definition) is 7. The molecule has 0 saturated carbocycles. The molecule has 0 unspecified atom stereocenters. The predicted octanol–water partition coefficient (Wildman–Crippen LogP) is 1.81. The average molecular weight is 333 g/mol. The first-order valence-electron chi connectivity index (χ1n) is 7.42. The molecule has 0 bridgehead atoms. The molecule has 8 heteroatoms. The Balaban J connectivity index is 1.94. The van der Waals surface area contributed by atoms with Gasteiger partial charge in [0, 0.05) is 25.4 Å². The SMILES string of the molecule is CNc1cc(C)nc([C@@H]2COCCN2C(=O)c2scnc2C)n1. The molecule has 1 aliphatic rings. The highest BCUT2D eigenvalue weighted by Gasteiger charge is 2.33. The third kappa shape index (κ3) is 3.18. The fourth-order valence-electron chi connectivity index (χ4n) is 2.57. The van der Waals surface area contributed by atoms with Crippen LogP contribution in [0, 0.1) is 13.8 Å². The number of aromatic nitrogens is 3. The zero-order chi connectivity index (χ0) is 16.4. The predicted molar refractivity (Wildman–Crippen MR) is 87.8 cm³/mol. The Morgan fingerprint density at radius 1 is 1.43 bits per heavy atom. The number of nitrogens with zero attached hydrogens (tertiary/aromatic N) is 4. The topological polar surface area (TPSA) is 80.2 Å². The summed E-state index contributed by atoms with van der Waals surface area (Å²) < 4.78 is 5.57. The van der Waals surface area contributed by atoms with Crippen LogP contribution < -0.4 is 5.32 Å². The maximum absolute atomic E-state index is 12.9. The molecule has 1 atom stereocenters. The molecule has 23 heavy (non-hydrogen) atoms. The smallest absolute Gasteiger partial charge is 0.266 e. The number of amides is 1. The molecule has 3 rings (SSSR count). The Kier molecular flexibility index (Phi) is 4.53. The van der Waals surface area contributed by atoms with Gasteiger partial charge >= 0.3 is 0 Å². The first-order chi connectivity index (χ1) is 11.1. The van der Waals surface area contributed by atoms with E-state index in [0.29, 0.717) is 30.5 Å². The lowest BCUT2D eigenvalue weighted by atomic mass is 10.2. The summed E-state index contributed by atoms with van der Waals surface area (Å²) in [5.41, 5.74) is 3.30. The van der Waals surface area contributed by atoms with Crippen LogP contribution in [0.5, 0.6) is 0 Å². The van der Waals surface area contributed by atoms with Crippen molar-refractivity contribution < 1.29 is 9.53 Å². The molecule has 0 spiro atoms. The van der Waals surface area contributed by atoms with Gasteiger partial charge in [-0.3, -0.25) is 4.79 Å². The van der Waals surface area contributed by atoms with E-state index in [0.717, 1.165) is 17.2 Å². The number of rotatable bonds is 3. The number of hydrogen-bond donors (Lipinski definition) is 1. The van der Waals surface area contributed by atoms with Crippen molar-refractivity contribution in [3.8, 4) is 0 Å². The van der Waals surface area contributed by atoms with Crippen molar-refractivity contribution in [1.82, 2.24) is 19.9 Å². The molecule has 3 heterocycles. The molecule has 0 radical (unpaired) electrons. The molecule has 1 saturated heterocycles. The minimum atomic E-state index is -0.287. The largest absolute Gasteiger partial charge is 0.377 e. The molecule has 1 amide bonds. The first kappa shape index (κ1) is 15.8. The minimum Gasteiger partial charge on any atom is -0.377 e. The van der Waals surface area contributed by atoms with Crippen molar-refractivity contribution in [2.45, 2.75) is 19.9 Å². The third-order valence-corrected chi connectivity index (χ3v) is 4.67. The molecule has 7 nitrogen and oxygen atoms in total. The summed E-state index contributed by atoms with van der Waals surface area (Å²) in [6, 6.07) is 1.58. The second kappa shape index (κ2) is 6.59. The first-order valence-corrected chi connectivity index (χ1v) is 8.30. The highest BCUT2D eigenvalue weighted by molar-refractivity contribution is 7.11. The molecule has 2 aromatic rings. The number of morpholine rings is 1. The van der Waals surface area contributed by atoms with Crippen LogP contribution in [0.3, 0.4) is 0 Å². The summed E-state index contributed by atoms with van der Waals surface area (Å²) in [6.07, 6.45) is 0. The molecule has 2 aromatic heterocycles. The van der Waals surface area contributed by atoms with Crippen molar-refractivity contribution >= 4 is 23.1 Å². The number of carbonyl (C=O) groups excluding carboxylic acids is 1. The van der Waals surface area contributed by atoms with Crippen LogP contribution >= 0.6 is 11.3 Å². The summed E-state index contributed by atoms with van der Waals surface area (Å²) >= 11 is 1.36. The van der Waals surface area contributed by atoms with Crippen LogP contribution in [-0.2, 0) is 4.74 Å². The van der Waals surface area contributed by atoms with Crippen LogP contribution in [0.2, 0.25) is 0 Å². The maximum Gasteiger partial charge on any atom is 0.266 e. The summed E-state index contributed by atoms with van der Waals surface area (Å²) in [5, 5.41) is 3.02. The second-order valence-electron chi connectivity index (χ2n) is 5.36. The fourth-order valence-corrected chi connectivity index (χ4v) is 3.32. The van der Waals surface area contributed by atoms with Gasteiger partial charge in [-0.15, -0.1) is 11.3 Å². The van der Waals surface area contributed by atoms with Gasteiger partial charge < -0.3 is 15.0 Å². The van der Waals surface area contributed by atoms with E-state index in [1.807, 2.05) is 27.0 Å². The lowest BCUT2D eigenvalue weighted by Gasteiger charge is -2.34. The molecular weight excluding hydrogens is 314 g/mol. The molecular formula is C15H19N5O2S. The van der Waals surface area contributed by atoms with E-state index in [9.17, 15) is 4.79 Å². The van der Waals surface area contributed by atoms with Crippen molar-refractivity contribution in [2.75, 3.05) is 32.1 Å². The van der Waals surface area contributed by atoms with E-state index in [-0.39, 0.29) is 11.9 Å². The van der Waals surface area contributed by atoms with E-state index >= 15 is 0 Å². The Bertz CT molecular complexity index is 718. The van der Waals surface area contributed by atoms with Gasteiger partial charge in [-0.25, -0.2) is 15.0 Å². The zero-order valence-corrected chi connectivity index (χ0v) is 14.2. The van der Waals surface area contributed by atoms with Crippen LogP contribution in [0.4, 0.5) is 5.82 Å². The Labute approximate surface area is 138 Å². The number of anilines is 1. The lowest BCUT2D eigenvalue weighted by Crippen LogP contribution is -2.44. The van der Waals surface area contributed by atoms with E-state index < -0.39 is 0 Å². The van der Waals surface area contributed by atoms with Gasteiger partial charge in [-0.2, -0.15) is 0 Å². The van der Waals surface area contributed by atoms with Crippen LogP contribution in [0.1, 0.15) is 32.9 Å². The lowest BCUT2D eigenvalue weighted by molar-refractivity contribution is -0.00502. The van der Waals surface area contributed by atoms with Gasteiger partial charge in [0.2, 0.25) is 0 Å². The number of thiazole rings is 1. The average Bonchev–Trinajstić information content (AvgIpc) is 2.99. The molecule has 1 aliphatic heterocycles. The maximum atomic E-state index is 12.9. The van der Waals surface area contributed by atoms with Crippen molar-refractivity contribution in [3.05, 3.63) is 33.7 Å². The Morgan fingerprint density at radius 2 is 2.26 bits per heavy atom. The van der Waals surface area contributed by atoms with E-state index in [1.165, 1.54) is 11.3 Å². The zero-order valence-electron chi connectivity index (χ0n) is 13.4. The quantitative estimate of drug-likeness (QED) is 0.923. The Hall–Kier alpha value is -2.06. The van der Waals surface area contributed by atoms with Crippen molar-refractivity contribution in [1.29, 1.82) is 0 Å². The van der Waals surface area contributed by atoms with E-state index in [2.05, 4.69) is 20.3 Å². The van der Waals surface area contributed by atoms with Gasteiger partial charge in [-0.1, -0.05) is 0 Å². The van der Waals surface area contributed by atoms with E-state index in [1.54, 1.807) is 10.4 Å². The van der Waals surface area contributed by atoms with Gasteiger partial charge in [0.25, 0.3) is 5.91 Å². The second-order valence-corrected chi connectivity index (χ2v) is 6.21. The minimum absolute atomic E-state index is 0.0330. The normalized spacial score (nSPS) is 18.0. The highest BCUT2D eigenvalue weighted by Crippen LogP contribution is 2.26. The van der Waals surface area contributed by atoms with Crippen LogP contribution in [0.15, 0.2) is 11.6 Å². The summed E-state index contributed by atoms with van der Waals surface area (Å²) in [6.45, 7) is 5.20. The monoisotopic (exact) mass is 333 g/mol. The van der Waals surface area contributed by atoms with Crippen molar-refractivity contribution in [3.63, 3.8) is 0 Å². The molecule has 1 fully saturated rings. The summed E-state index contributed by atoms with van der Waals surface area (Å²) in [4.78, 5) is 28.5. The summed E-state index contributed by atoms with van der Waals surface area (Å²) in [5.74, 6) is 1.30. The fraction of sp³-hybridized carbons (Fsp3) is 0.467. The van der Waals surface area contributed by atoms with Crippen LogP contribution in [0.25, 0.3) is 0 Å². The third-order valence-electron chi connectivity index (χ3n) is 3.75. The van der Waals surface area contributed by atoms with Gasteiger partial charge in [0.1, 0.15) is 16.7 Å². The number of carbonyl (C=O) groups is 1. The van der Waals surface area contributed by atoms with Crippen molar-refractivity contribution in [2.24, 2.45) is 0 Å². The van der Waals surface area contributed by atoms with Gasteiger partial charge in [0.05, 0.1) is 24.4 Å². The molecule has 1 N–H and O–H groups in total. The van der Waals surface area contributed by atoms with Crippen LogP contribution in [-0.4, -0.2) is 52.6 Å². The molecule has 0 aromatic carbocycles. The number of aryl methyl sites for hydroxylation is 2. The number of nitrogens with one attached hydrogen (secondary N) is 1. The Morgan fingerprint density at radius 3 is 2.96 bits per heavy atom. The van der Waals surface area contributed by atoms with E-state index in [4.69, 9.17) is 4.74 Å². The highest BCUT2D eigenvalue weighted by atomic mass is 32.1. The van der Waals surface area contributed by atoms with Gasteiger partial charge in [-0.05, 0) is 13.8 Å². The standard InChI is InChI=1S/C15H19N5O2S/c1-9-6-12(16-3)19-14(18-9)11-7-22-5-4-20(11)15(21)13-10(2)17-8-23-13/h6,8,11H,4-5,7H2,1-3H3,(H,16,18,19)/t11-/m0/s1.